The molecule has 3 rings (SSSR count). The zero-order valence-electron chi connectivity index (χ0n) is 13.1. The van der Waals surface area contributed by atoms with Gasteiger partial charge in [0.15, 0.2) is 5.72 Å². The predicted molar refractivity (Wildman–Crippen MR) is 89.7 cm³/mol. The van der Waals surface area contributed by atoms with Crippen LogP contribution in [0.25, 0.3) is 0 Å². The zero-order chi connectivity index (χ0) is 16.3. The lowest BCUT2D eigenvalue weighted by Crippen LogP contribution is -2.43. The first kappa shape index (κ1) is 15.4. The number of rotatable bonds is 4. The highest BCUT2D eigenvalue weighted by Crippen LogP contribution is 2.35. The van der Waals surface area contributed by atoms with Crippen LogP contribution < -0.4 is 0 Å². The van der Waals surface area contributed by atoms with Gasteiger partial charge in [-0.15, -0.1) is 0 Å². The van der Waals surface area contributed by atoms with Crippen LogP contribution in [0, 0.1) is 0 Å². The number of benzene rings is 2. The van der Waals surface area contributed by atoms with E-state index in [2.05, 4.69) is 5.10 Å². The molecule has 0 fully saturated rings. The number of carbonyl (C=O) groups excluding carboxylic acids is 1. The highest BCUT2D eigenvalue weighted by Gasteiger charge is 2.44. The molecule has 118 valence electrons. The molecule has 4 heteroatoms. The third-order valence-corrected chi connectivity index (χ3v) is 4.07. The maximum atomic E-state index is 12.6. The van der Waals surface area contributed by atoms with Crippen molar-refractivity contribution in [3.05, 3.63) is 71.8 Å². The lowest BCUT2D eigenvalue weighted by molar-refractivity contribution is -0.157. The lowest BCUT2D eigenvalue weighted by atomic mass is 9.97. The maximum absolute atomic E-state index is 12.6. The smallest absolute Gasteiger partial charge is 0.245 e. The zero-order valence-corrected chi connectivity index (χ0v) is 13.1. The van der Waals surface area contributed by atoms with Crippen molar-refractivity contribution in [3.8, 4) is 0 Å². The number of hydrazone groups is 1. The van der Waals surface area contributed by atoms with E-state index in [9.17, 15) is 9.90 Å². The number of hydrogen-bond acceptors (Lipinski definition) is 3. The summed E-state index contributed by atoms with van der Waals surface area (Å²) in [5.41, 5.74) is 1.17. The molecule has 0 saturated carbocycles. The standard InChI is InChI=1S/C19H20N2O2/c1-15-14-19(23,17-10-6-3-7-11-17)21(20-15)18(22)13-12-16-8-4-2-5-9-16/h2-11,23H,12-14H2,1H3/t19-/m1/s1. The molecule has 0 radical (unpaired) electrons. The van der Waals surface area contributed by atoms with Crippen molar-refractivity contribution < 1.29 is 9.90 Å². The van der Waals surface area contributed by atoms with Gasteiger partial charge in [0.1, 0.15) is 0 Å². The van der Waals surface area contributed by atoms with Crippen LogP contribution in [0.2, 0.25) is 0 Å². The molecule has 1 amide bonds. The maximum Gasteiger partial charge on any atom is 0.245 e. The van der Waals surface area contributed by atoms with Gasteiger partial charge in [0.2, 0.25) is 5.91 Å². The number of aliphatic hydroxyl groups is 1. The van der Waals surface area contributed by atoms with Crippen LogP contribution >= 0.6 is 0 Å². The molecule has 1 heterocycles. The first-order valence-electron chi connectivity index (χ1n) is 7.78. The largest absolute Gasteiger partial charge is 0.365 e. The van der Waals surface area contributed by atoms with Crippen molar-refractivity contribution >= 4 is 11.6 Å². The molecule has 2 aromatic rings. The van der Waals surface area contributed by atoms with Crippen LogP contribution in [0.4, 0.5) is 0 Å². The van der Waals surface area contributed by atoms with Crippen LogP contribution in [0.5, 0.6) is 0 Å². The van der Waals surface area contributed by atoms with Crippen molar-refractivity contribution in [2.75, 3.05) is 0 Å². The SMILES string of the molecule is CC1=NN(C(=O)CCc2ccccc2)[C@](O)(c2ccccc2)C1. The minimum atomic E-state index is -1.38. The summed E-state index contributed by atoms with van der Waals surface area (Å²) in [7, 11) is 0. The number of hydrogen-bond donors (Lipinski definition) is 1. The summed E-state index contributed by atoms with van der Waals surface area (Å²) in [5.74, 6) is -0.169. The summed E-state index contributed by atoms with van der Waals surface area (Å²) in [6.07, 6.45) is 1.29. The molecule has 0 aliphatic carbocycles. The van der Waals surface area contributed by atoms with E-state index in [1.807, 2.05) is 67.6 Å². The van der Waals surface area contributed by atoms with Gasteiger partial charge in [0.25, 0.3) is 0 Å². The normalized spacial score (nSPS) is 20.4. The second kappa shape index (κ2) is 6.34. The third-order valence-electron chi connectivity index (χ3n) is 4.07. The highest BCUT2D eigenvalue weighted by atomic mass is 16.3. The Bertz CT molecular complexity index is 713. The molecule has 1 atom stereocenters. The summed E-state index contributed by atoms with van der Waals surface area (Å²) >= 11 is 0. The van der Waals surface area contributed by atoms with Gasteiger partial charge in [0, 0.05) is 24.1 Å². The van der Waals surface area contributed by atoms with E-state index in [0.29, 0.717) is 24.8 Å². The van der Waals surface area contributed by atoms with E-state index in [-0.39, 0.29) is 5.91 Å². The van der Waals surface area contributed by atoms with Gasteiger partial charge >= 0.3 is 0 Å². The Kier molecular flexibility index (Phi) is 4.26. The topological polar surface area (TPSA) is 52.9 Å². The Hall–Kier alpha value is -2.46. The van der Waals surface area contributed by atoms with Gasteiger partial charge in [0.05, 0.1) is 0 Å². The average molecular weight is 308 g/mol. The fourth-order valence-electron chi connectivity index (χ4n) is 2.91. The van der Waals surface area contributed by atoms with E-state index >= 15 is 0 Å². The molecule has 23 heavy (non-hydrogen) atoms. The number of nitrogens with zero attached hydrogens (tertiary/aromatic N) is 2. The van der Waals surface area contributed by atoms with Crippen LogP contribution in [-0.4, -0.2) is 21.7 Å². The molecule has 2 aromatic carbocycles. The van der Waals surface area contributed by atoms with Crippen LogP contribution in [0.15, 0.2) is 65.8 Å². The van der Waals surface area contributed by atoms with Crippen molar-refractivity contribution in [2.24, 2.45) is 5.10 Å². The molecule has 0 spiro atoms. The number of carbonyl (C=O) groups is 1. The van der Waals surface area contributed by atoms with Crippen molar-refractivity contribution in [1.82, 2.24) is 5.01 Å². The molecule has 0 saturated heterocycles. The molecule has 0 bridgehead atoms. The van der Waals surface area contributed by atoms with Gasteiger partial charge in [-0.3, -0.25) is 4.79 Å². The Balaban J connectivity index is 1.77. The monoisotopic (exact) mass is 308 g/mol. The second-order valence-corrected chi connectivity index (χ2v) is 5.89. The van der Waals surface area contributed by atoms with Crippen LogP contribution in [0.3, 0.4) is 0 Å². The predicted octanol–water partition coefficient (Wildman–Crippen LogP) is 3.07. The Labute approximate surface area is 136 Å². The average Bonchev–Trinajstić information content (AvgIpc) is 2.90. The Morgan fingerprint density at radius 3 is 2.39 bits per heavy atom. The van der Waals surface area contributed by atoms with Gasteiger partial charge in [-0.05, 0) is 18.9 Å². The van der Waals surface area contributed by atoms with Crippen molar-refractivity contribution in [1.29, 1.82) is 0 Å². The van der Waals surface area contributed by atoms with Gasteiger partial charge in [-0.25, -0.2) is 0 Å². The molecule has 0 aromatic heterocycles. The Morgan fingerprint density at radius 2 is 1.74 bits per heavy atom. The molecular weight excluding hydrogens is 288 g/mol. The summed E-state index contributed by atoms with van der Waals surface area (Å²) in [6, 6.07) is 19.1. The number of aryl methyl sites for hydroxylation is 1. The minimum absolute atomic E-state index is 0.169. The molecule has 0 unspecified atom stereocenters. The summed E-state index contributed by atoms with van der Waals surface area (Å²) in [5, 5.41) is 16.6. The summed E-state index contributed by atoms with van der Waals surface area (Å²) in [4.78, 5) is 12.6. The molecule has 1 aliphatic rings. The summed E-state index contributed by atoms with van der Waals surface area (Å²) < 4.78 is 0. The van der Waals surface area contributed by atoms with Gasteiger partial charge in [-0.1, -0.05) is 60.7 Å². The first-order chi connectivity index (χ1) is 11.1. The second-order valence-electron chi connectivity index (χ2n) is 5.89. The lowest BCUT2D eigenvalue weighted by Gasteiger charge is -2.31. The molecule has 1 N–H and O–H groups in total. The van der Waals surface area contributed by atoms with Gasteiger partial charge in [-0.2, -0.15) is 10.1 Å². The van der Waals surface area contributed by atoms with E-state index < -0.39 is 5.72 Å². The van der Waals surface area contributed by atoms with Crippen molar-refractivity contribution in [2.45, 2.75) is 31.9 Å². The van der Waals surface area contributed by atoms with E-state index in [4.69, 9.17) is 0 Å². The first-order valence-corrected chi connectivity index (χ1v) is 7.78. The molecular formula is C19H20N2O2. The Morgan fingerprint density at radius 1 is 1.13 bits per heavy atom. The highest BCUT2D eigenvalue weighted by molar-refractivity contribution is 5.89. The van der Waals surface area contributed by atoms with E-state index in [0.717, 1.165) is 11.3 Å². The summed E-state index contributed by atoms with van der Waals surface area (Å²) in [6.45, 7) is 1.83. The van der Waals surface area contributed by atoms with Crippen molar-refractivity contribution in [3.63, 3.8) is 0 Å². The van der Waals surface area contributed by atoms with E-state index in [1.165, 1.54) is 5.01 Å². The third kappa shape index (κ3) is 3.17. The minimum Gasteiger partial charge on any atom is -0.365 e. The fraction of sp³-hybridized carbons (Fsp3) is 0.263. The van der Waals surface area contributed by atoms with E-state index in [1.54, 1.807) is 0 Å². The van der Waals surface area contributed by atoms with Crippen LogP contribution in [-0.2, 0) is 16.9 Å². The fourth-order valence-corrected chi connectivity index (χ4v) is 2.91. The van der Waals surface area contributed by atoms with Crippen LogP contribution in [0.1, 0.15) is 30.9 Å². The molecule has 1 aliphatic heterocycles. The molecule has 4 nitrogen and oxygen atoms in total. The number of amides is 1. The quantitative estimate of drug-likeness (QED) is 0.943. The van der Waals surface area contributed by atoms with Gasteiger partial charge < -0.3 is 5.11 Å².